The number of hydrogen-bond donors (Lipinski definition) is 2. The summed E-state index contributed by atoms with van der Waals surface area (Å²) < 4.78 is 0. The Kier molecular flexibility index (Phi) is 6.79. The number of urea groups is 1. The molecule has 2 aliphatic heterocycles. The van der Waals surface area contributed by atoms with Crippen LogP contribution in [0.25, 0.3) is 10.9 Å². The van der Waals surface area contributed by atoms with Crippen molar-refractivity contribution in [3.05, 3.63) is 108 Å². The largest absolute Gasteiger partial charge is 0.387 e. The smallest absolute Gasteiger partial charge is 0.317 e. The van der Waals surface area contributed by atoms with Crippen LogP contribution in [0.5, 0.6) is 0 Å². The quantitative estimate of drug-likeness (QED) is 0.389. The second-order valence-corrected chi connectivity index (χ2v) is 10.5. The summed E-state index contributed by atoms with van der Waals surface area (Å²) in [6.07, 6.45) is 3.02. The van der Waals surface area contributed by atoms with Gasteiger partial charge in [0.25, 0.3) is 0 Å². The van der Waals surface area contributed by atoms with Gasteiger partial charge in [0.05, 0.1) is 22.9 Å². The SMILES string of the molecule is O=C(NCCC1(O)CN(C(c2ccccc2)c2ccccc2)C1)N1CCC(c2ncnc3ccccc23)C1. The van der Waals surface area contributed by atoms with Crippen molar-refractivity contribution in [1.82, 2.24) is 25.1 Å². The van der Waals surface area contributed by atoms with E-state index in [9.17, 15) is 9.90 Å². The Hall–Kier alpha value is -3.81. The second-order valence-electron chi connectivity index (χ2n) is 10.5. The van der Waals surface area contributed by atoms with E-state index < -0.39 is 5.60 Å². The summed E-state index contributed by atoms with van der Waals surface area (Å²) in [7, 11) is 0. The lowest BCUT2D eigenvalue weighted by Gasteiger charge is -2.50. The Morgan fingerprint density at radius 1 is 0.947 bits per heavy atom. The van der Waals surface area contributed by atoms with Gasteiger partial charge in [-0.05, 0) is 30.0 Å². The van der Waals surface area contributed by atoms with Gasteiger partial charge in [-0.1, -0.05) is 78.9 Å². The number of carbonyl (C=O) groups is 1. The Bertz CT molecular complexity index is 1350. The molecule has 0 saturated carbocycles. The summed E-state index contributed by atoms with van der Waals surface area (Å²) in [5.41, 5.74) is 3.58. The fraction of sp³-hybridized carbons (Fsp3) is 0.323. The molecule has 1 atom stereocenters. The monoisotopic (exact) mass is 507 g/mol. The van der Waals surface area contributed by atoms with Gasteiger partial charge in [-0.25, -0.2) is 14.8 Å². The van der Waals surface area contributed by atoms with Crippen molar-refractivity contribution in [2.24, 2.45) is 0 Å². The van der Waals surface area contributed by atoms with Gasteiger partial charge in [0, 0.05) is 44.0 Å². The molecule has 7 nitrogen and oxygen atoms in total. The molecule has 38 heavy (non-hydrogen) atoms. The van der Waals surface area contributed by atoms with Crippen LogP contribution in [0.1, 0.15) is 41.6 Å². The zero-order valence-electron chi connectivity index (χ0n) is 21.4. The summed E-state index contributed by atoms with van der Waals surface area (Å²) >= 11 is 0. The van der Waals surface area contributed by atoms with Gasteiger partial charge >= 0.3 is 6.03 Å². The topological polar surface area (TPSA) is 81.6 Å². The van der Waals surface area contributed by atoms with Gasteiger partial charge < -0.3 is 15.3 Å². The Balaban J connectivity index is 1.02. The van der Waals surface area contributed by atoms with Crippen LogP contribution in [0.3, 0.4) is 0 Å². The predicted octanol–water partition coefficient (Wildman–Crippen LogP) is 4.36. The molecule has 0 aliphatic carbocycles. The molecule has 1 unspecified atom stereocenters. The van der Waals surface area contributed by atoms with E-state index in [2.05, 4.69) is 74.8 Å². The maximum absolute atomic E-state index is 12.9. The van der Waals surface area contributed by atoms with E-state index in [4.69, 9.17) is 0 Å². The van der Waals surface area contributed by atoms with Crippen molar-refractivity contribution in [3.8, 4) is 0 Å². The number of hydrogen-bond acceptors (Lipinski definition) is 5. The van der Waals surface area contributed by atoms with Crippen molar-refractivity contribution in [2.75, 3.05) is 32.7 Å². The number of para-hydroxylation sites is 1. The highest BCUT2D eigenvalue weighted by atomic mass is 16.3. The highest BCUT2D eigenvalue weighted by Crippen LogP contribution is 2.37. The van der Waals surface area contributed by atoms with Gasteiger partial charge in [-0.15, -0.1) is 0 Å². The molecule has 1 aromatic heterocycles. The predicted molar refractivity (Wildman–Crippen MR) is 148 cm³/mol. The number of amides is 2. The van der Waals surface area contributed by atoms with Gasteiger partial charge in [0.15, 0.2) is 0 Å². The number of likely N-dealkylation sites (tertiary alicyclic amines) is 2. The number of nitrogens with zero attached hydrogens (tertiary/aromatic N) is 4. The molecule has 4 aromatic rings. The Morgan fingerprint density at radius 3 is 2.32 bits per heavy atom. The van der Waals surface area contributed by atoms with E-state index in [1.165, 1.54) is 11.1 Å². The highest BCUT2D eigenvalue weighted by Gasteiger charge is 2.44. The van der Waals surface area contributed by atoms with Crippen LogP contribution < -0.4 is 5.32 Å². The van der Waals surface area contributed by atoms with E-state index in [-0.39, 0.29) is 18.0 Å². The molecule has 2 saturated heterocycles. The van der Waals surface area contributed by atoms with Gasteiger partial charge in [-0.2, -0.15) is 0 Å². The number of benzene rings is 3. The maximum Gasteiger partial charge on any atom is 0.317 e. The van der Waals surface area contributed by atoms with Crippen molar-refractivity contribution in [1.29, 1.82) is 0 Å². The average molecular weight is 508 g/mol. The third kappa shape index (κ3) is 4.99. The molecule has 0 spiro atoms. The van der Waals surface area contributed by atoms with E-state index in [0.717, 1.165) is 23.0 Å². The van der Waals surface area contributed by atoms with Crippen LogP contribution in [-0.2, 0) is 0 Å². The third-order valence-corrected chi connectivity index (χ3v) is 7.89. The summed E-state index contributed by atoms with van der Waals surface area (Å²) in [5, 5.41) is 15.3. The fourth-order valence-electron chi connectivity index (χ4n) is 5.97. The zero-order chi connectivity index (χ0) is 26.0. The maximum atomic E-state index is 12.9. The van der Waals surface area contributed by atoms with E-state index in [1.54, 1.807) is 6.33 Å². The first-order valence-corrected chi connectivity index (χ1v) is 13.4. The molecule has 3 heterocycles. The van der Waals surface area contributed by atoms with Crippen LogP contribution in [-0.4, -0.2) is 69.2 Å². The minimum atomic E-state index is -0.803. The van der Waals surface area contributed by atoms with E-state index in [1.807, 2.05) is 35.2 Å². The fourth-order valence-corrected chi connectivity index (χ4v) is 5.97. The molecule has 2 amide bonds. The third-order valence-electron chi connectivity index (χ3n) is 7.89. The standard InChI is InChI=1S/C31H33N5O2/c37-30(35-18-15-25(19-35)28-26-13-7-8-14-27(26)33-22-34-28)32-17-16-31(38)20-36(21-31)29(23-9-3-1-4-10-23)24-11-5-2-6-12-24/h1-14,22,25,29,38H,15-21H2,(H,32,37). The molecule has 194 valence electrons. The molecular formula is C31H33N5O2. The van der Waals surface area contributed by atoms with Crippen molar-refractivity contribution in [3.63, 3.8) is 0 Å². The molecule has 3 aromatic carbocycles. The lowest BCUT2D eigenvalue weighted by molar-refractivity contribution is -0.114. The number of carbonyl (C=O) groups excluding carboxylic acids is 1. The number of fused-ring (bicyclic) bond motifs is 1. The van der Waals surface area contributed by atoms with Crippen LogP contribution in [0.2, 0.25) is 0 Å². The first kappa shape index (κ1) is 24.5. The molecule has 0 radical (unpaired) electrons. The number of aliphatic hydroxyl groups is 1. The van der Waals surface area contributed by atoms with Crippen LogP contribution in [0.15, 0.2) is 91.3 Å². The Morgan fingerprint density at radius 2 is 1.61 bits per heavy atom. The van der Waals surface area contributed by atoms with Crippen LogP contribution in [0.4, 0.5) is 4.79 Å². The first-order valence-electron chi connectivity index (χ1n) is 13.4. The summed E-state index contributed by atoms with van der Waals surface area (Å²) in [6, 6.07) is 28.9. The number of aromatic nitrogens is 2. The summed E-state index contributed by atoms with van der Waals surface area (Å²) in [4.78, 5) is 26.0. The molecular weight excluding hydrogens is 474 g/mol. The lowest BCUT2D eigenvalue weighted by Crippen LogP contribution is -2.63. The molecule has 2 aliphatic rings. The van der Waals surface area contributed by atoms with Gasteiger partial charge in [0.2, 0.25) is 0 Å². The summed E-state index contributed by atoms with van der Waals surface area (Å²) in [6.45, 7) is 2.93. The number of rotatable bonds is 7. The van der Waals surface area contributed by atoms with E-state index >= 15 is 0 Å². The number of β-amino-alcohol motifs (C(OH)–C–C–N with tert-alkyl or cyclic N) is 1. The van der Waals surface area contributed by atoms with Crippen molar-refractivity contribution < 1.29 is 9.90 Å². The lowest BCUT2D eigenvalue weighted by atomic mass is 9.85. The highest BCUT2D eigenvalue weighted by molar-refractivity contribution is 5.81. The van der Waals surface area contributed by atoms with E-state index in [0.29, 0.717) is 39.1 Å². The molecule has 2 N–H and O–H groups in total. The average Bonchev–Trinajstić information content (AvgIpc) is 3.44. The molecule has 6 rings (SSSR count). The molecule has 0 bridgehead atoms. The minimum Gasteiger partial charge on any atom is -0.387 e. The summed E-state index contributed by atoms with van der Waals surface area (Å²) in [5.74, 6) is 0.200. The first-order chi connectivity index (χ1) is 18.6. The molecule has 2 fully saturated rings. The van der Waals surface area contributed by atoms with Crippen molar-refractivity contribution in [2.45, 2.75) is 30.4 Å². The van der Waals surface area contributed by atoms with Gasteiger partial charge in [-0.3, -0.25) is 4.90 Å². The normalized spacial score (nSPS) is 19.0. The van der Waals surface area contributed by atoms with Crippen LogP contribution >= 0.6 is 0 Å². The molecule has 7 heteroatoms. The second kappa shape index (κ2) is 10.5. The van der Waals surface area contributed by atoms with Crippen molar-refractivity contribution >= 4 is 16.9 Å². The Labute approximate surface area is 223 Å². The van der Waals surface area contributed by atoms with Crippen LogP contribution in [0, 0.1) is 0 Å². The van der Waals surface area contributed by atoms with Gasteiger partial charge in [0.1, 0.15) is 6.33 Å². The minimum absolute atomic E-state index is 0.0721. The zero-order valence-corrected chi connectivity index (χ0v) is 21.4. The number of nitrogens with one attached hydrogen (secondary N) is 1.